The van der Waals surface area contributed by atoms with E-state index in [1.165, 1.54) is 19.2 Å². The van der Waals surface area contributed by atoms with Gasteiger partial charge in [-0.15, -0.1) is 11.3 Å². The number of nitrogens with zero attached hydrogens (tertiary/aromatic N) is 4. The largest absolute Gasteiger partial charge is 0.433 e. The van der Waals surface area contributed by atoms with Gasteiger partial charge in [0.25, 0.3) is 5.91 Å². The van der Waals surface area contributed by atoms with Crippen LogP contribution in [0.4, 0.5) is 14.6 Å². The molecule has 0 saturated heterocycles. The number of thiazole rings is 1. The molecule has 4 rings (SSSR count). The molecule has 1 amide bonds. The maximum absolute atomic E-state index is 13.3. The van der Waals surface area contributed by atoms with Gasteiger partial charge in [0.1, 0.15) is 33.1 Å². The number of pyridine rings is 1. The molecule has 14 heteroatoms. The lowest BCUT2D eigenvalue weighted by Gasteiger charge is -2.42. The second-order valence-corrected chi connectivity index (χ2v) is 11.3. The van der Waals surface area contributed by atoms with Crippen molar-refractivity contribution in [2.45, 2.75) is 44.1 Å². The summed E-state index contributed by atoms with van der Waals surface area (Å²) in [5.74, 6) is -0.746. The molecule has 0 bridgehead atoms. The molecular weight excluding hydrogens is 478 g/mol. The average molecular weight is 501 g/mol. The van der Waals surface area contributed by atoms with Gasteiger partial charge in [0.2, 0.25) is 16.0 Å². The number of hydrogen-bond donors (Lipinski definition) is 2. The summed E-state index contributed by atoms with van der Waals surface area (Å²) in [7, 11) is -2.41. The highest BCUT2D eigenvalue weighted by Crippen LogP contribution is 2.58. The molecule has 1 saturated carbocycles. The maximum Gasteiger partial charge on any atom is 0.387 e. The smallest absolute Gasteiger partial charge is 0.387 e. The predicted molar refractivity (Wildman–Crippen MR) is 118 cm³/mol. The van der Waals surface area contributed by atoms with E-state index in [1.807, 2.05) is 6.92 Å². The lowest BCUT2D eigenvalue weighted by Crippen LogP contribution is -2.59. The van der Waals surface area contributed by atoms with E-state index >= 15 is 0 Å². The number of carbonyl (C=O) groups excluding carboxylic acids is 1. The van der Waals surface area contributed by atoms with Gasteiger partial charge in [-0.1, -0.05) is 6.92 Å². The Balaban J connectivity index is 1.60. The number of nitrogens with one attached hydrogen (secondary N) is 1. The zero-order chi connectivity index (χ0) is 24.2. The number of anilines is 1. The molecule has 0 unspecified atom stereocenters. The first kappa shape index (κ1) is 23.3. The van der Waals surface area contributed by atoms with Crippen LogP contribution in [0.25, 0.3) is 0 Å². The normalized spacial score (nSPS) is 25.5. The van der Waals surface area contributed by atoms with E-state index in [0.29, 0.717) is 5.01 Å². The van der Waals surface area contributed by atoms with Crippen molar-refractivity contribution in [2.75, 3.05) is 12.4 Å². The van der Waals surface area contributed by atoms with Gasteiger partial charge in [-0.2, -0.15) is 8.78 Å². The highest BCUT2D eigenvalue weighted by molar-refractivity contribution is 7.90. The van der Waals surface area contributed by atoms with Crippen LogP contribution in [0.1, 0.15) is 42.2 Å². The van der Waals surface area contributed by atoms with Crippen molar-refractivity contribution >= 4 is 39.0 Å². The van der Waals surface area contributed by atoms with Crippen LogP contribution >= 0.6 is 11.3 Å². The van der Waals surface area contributed by atoms with E-state index < -0.39 is 38.7 Å². The fourth-order valence-corrected chi connectivity index (χ4v) is 7.31. The van der Waals surface area contributed by atoms with Gasteiger partial charge in [-0.05, 0) is 37.3 Å². The zero-order valence-electron chi connectivity index (χ0n) is 17.9. The third kappa shape index (κ3) is 4.12. The van der Waals surface area contributed by atoms with Crippen molar-refractivity contribution < 1.29 is 26.7 Å². The first-order valence-electron chi connectivity index (χ1n) is 9.88. The number of rotatable bonds is 6. The lowest BCUT2D eigenvalue weighted by atomic mass is 9.87. The lowest BCUT2D eigenvalue weighted by molar-refractivity contribution is -0.0500. The molecule has 10 nitrogen and oxygen atoms in total. The number of alkyl halides is 2. The summed E-state index contributed by atoms with van der Waals surface area (Å²) in [5.41, 5.74) is 4.20. The molecule has 2 aromatic rings. The second-order valence-electron chi connectivity index (χ2n) is 8.41. The number of nitrogens with two attached hydrogens (primary N) is 1. The van der Waals surface area contributed by atoms with Crippen LogP contribution in [0.15, 0.2) is 28.7 Å². The summed E-state index contributed by atoms with van der Waals surface area (Å²) in [6.07, 6.45) is 2.49. The minimum atomic E-state index is -3.79. The molecule has 1 fully saturated rings. The van der Waals surface area contributed by atoms with Crippen molar-refractivity contribution in [3.63, 3.8) is 0 Å². The van der Waals surface area contributed by atoms with Crippen molar-refractivity contribution in [2.24, 2.45) is 16.1 Å². The van der Waals surface area contributed by atoms with Crippen LogP contribution in [0.2, 0.25) is 0 Å². The van der Waals surface area contributed by atoms with Crippen LogP contribution in [-0.4, -0.2) is 53.5 Å². The molecule has 178 valence electrons. The molecule has 33 heavy (non-hydrogen) atoms. The van der Waals surface area contributed by atoms with Gasteiger partial charge < -0.3 is 15.8 Å². The summed E-state index contributed by atoms with van der Waals surface area (Å²) in [5, 5.41) is 3.67. The number of amides is 1. The van der Waals surface area contributed by atoms with E-state index in [4.69, 9.17) is 5.73 Å². The highest BCUT2D eigenvalue weighted by atomic mass is 32.2. The summed E-state index contributed by atoms with van der Waals surface area (Å²) in [6.45, 7) is 0.594. The molecule has 1 aliphatic carbocycles. The summed E-state index contributed by atoms with van der Waals surface area (Å²) in [4.78, 5) is 25.3. The van der Waals surface area contributed by atoms with Crippen LogP contribution in [0.5, 0.6) is 5.75 Å². The van der Waals surface area contributed by atoms with Crippen LogP contribution in [0, 0.1) is 5.41 Å². The van der Waals surface area contributed by atoms with Crippen LogP contribution in [-0.2, 0) is 15.6 Å². The molecule has 0 spiro atoms. The number of ether oxygens (including phenoxy) is 1. The fourth-order valence-electron chi connectivity index (χ4n) is 4.03. The minimum Gasteiger partial charge on any atom is -0.433 e. The zero-order valence-corrected chi connectivity index (χ0v) is 19.6. The quantitative estimate of drug-likeness (QED) is 0.620. The molecule has 2 aromatic heterocycles. The fraction of sp³-hybridized carbons (Fsp3) is 0.474. The van der Waals surface area contributed by atoms with Gasteiger partial charge >= 0.3 is 6.61 Å². The minimum absolute atomic E-state index is 0.0371. The predicted octanol–water partition coefficient (Wildman–Crippen LogP) is 2.37. The Hall–Kier alpha value is -2.87. The number of aromatic nitrogens is 2. The average Bonchev–Trinajstić information content (AvgIpc) is 3.26. The number of carbonyl (C=O) groups is 1. The van der Waals surface area contributed by atoms with E-state index in [0.717, 1.165) is 34.7 Å². The van der Waals surface area contributed by atoms with E-state index in [-0.39, 0.29) is 23.2 Å². The van der Waals surface area contributed by atoms with Crippen molar-refractivity contribution in [3.8, 4) is 5.75 Å². The number of hydrogen-bond acceptors (Lipinski definition) is 9. The second kappa shape index (κ2) is 7.87. The molecule has 3 N–H and O–H groups in total. The van der Waals surface area contributed by atoms with Crippen molar-refractivity contribution in [1.82, 2.24) is 14.3 Å². The van der Waals surface area contributed by atoms with Crippen molar-refractivity contribution in [1.29, 1.82) is 0 Å². The molecule has 1 aliphatic heterocycles. The Kier molecular flexibility index (Phi) is 5.55. The Morgan fingerprint density at radius 1 is 1.36 bits per heavy atom. The van der Waals surface area contributed by atoms with Crippen LogP contribution < -0.4 is 15.8 Å². The molecule has 0 radical (unpaired) electrons. The Labute approximate surface area is 192 Å². The van der Waals surface area contributed by atoms with E-state index in [9.17, 15) is 22.0 Å². The molecule has 2 atom stereocenters. The standard InChI is InChI=1S/C19H22F2N6O4S2/c1-18(6-7-18)14-19(2,26-17(22)27(3)33(14,29)30)15-25-12(9-32-15)24-13(28)11-5-4-10(8-23-11)31-16(20)21/h4-5,8-9,14,16H,6-7H2,1-3H3,(H2,22,26)(H,24,28)/t14-,19+/m1/s1. The highest BCUT2D eigenvalue weighted by Gasteiger charge is 2.63. The molecule has 2 aliphatic rings. The van der Waals surface area contributed by atoms with Gasteiger partial charge in [0.15, 0.2) is 0 Å². The first-order chi connectivity index (χ1) is 15.4. The Bertz CT molecular complexity index is 1210. The van der Waals surface area contributed by atoms with Gasteiger partial charge in [0, 0.05) is 12.4 Å². The molecular formula is C19H22F2N6O4S2. The summed E-state index contributed by atoms with van der Waals surface area (Å²) < 4.78 is 56.3. The third-order valence-electron chi connectivity index (χ3n) is 5.90. The SMILES string of the molecule is CN1C(N)=N[C@](C)(c2nc(NC(=O)c3ccc(OC(F)F)cn3)cs2)[C@@H](C2(C)CC2)S1(=O)=O. The Morgan fingerprint density at radius 3 is 2.64 bits per heavy atom. The van der Waals surface area contributed by atoms with Crippen LogP contribution in [0.3, 0.4) is 0 Å². The number of halogens is 2. The monoisotopic (exact) mass is 500 g/mol. The maximum atomic E-state index is 13.3. The topological polar surface area (TPSA) is 140 Å². The molecule has 0 aromatic carbocycles. The molecule has 3 heterocycles. The van der Waals surface area contributed by atoms with Gasteiger partial charge in [0.05, 0.1) is 6.20 Å². The first-order valence-corrected chi connectivity index (χ1v) is 12.3. The van der Waals surface area contributed by atoms with Crippen molar-refractivity contribution in [3.05, 3.63) is 34.4 Å². The van der Waals surface area contributed by atoms with E-state index in [1.54, 1.807) is 12.3 Å². The number of aliphatic imine (C=N–C) groups is 1. The summed E-state index contributed by atoms with van der Waals surface area (Å²) in [6, 6.07) is 2.43. The van der Waals surface area contributed by atoms with Gasteiger partial charge in [-0.3, -0.25) is 4.79 Å². The van der Waals surface area contributed by atoms with E-state index in [2.05, 4.69) is 25.0 Å². The Morgan fingerprint density at radius 2 is 2.06 bits per heavy atom. The van der Waals surface area contributed by atoms with Gasteiger partial charge in [-0.25, -0.2) is 27.7 Å². The summed E-state index contributed by atoms with van der Waals surface area (Å²) >= 11 is 1.16. The third-order valence-corrected chi connectivity index (χ3v) is 9.55. The number of guanidine groups is 1. The number of sulfonamides is 1.